The third-order valence-corrected chi connectivity index (χ3v) is 10.9. The molecule has 0 saturated carbocycles. The summed E-state index contributed by atoms with van der Waals surface area (Å²) in [6.07, 6.45) is 1.70. The molecule has 47 heavy (non-hydrogen) atoms. The number of carbonyl (C=O) groups excluding carboxylic acids is 1. The number of fused-ring (bicyclic) bond motifs is 1. The largest absolute Gasteiger partial charge is 0.370 e. The van der Waals surface area contributed by atoms with Crippen LogP contribution in [0.3, 0.4) is 0 Å². The fourth-order valence-electron chi connectivity index (χ4n) is 5.47. The predicted molar refractivity (Wildman–Crippen MR) is 187 cm³/mol. The van der Waals surface area contributed by atoms with Gasteiger partial charge in [0.15, 0.2) is 5.96 Å². The normalized spacial score (nSPS) is 15.8. The molecule has 2 atom stereocenters. The van der Waals surface area contributed by atoms with Gasteiger partial charge in [0.1, 0.15) is 6.04 Å². The number of anilines is 1. The zero-order valence-electron chi connectivity index (χ0n) is 25.8. The van der Waals surface area contributed by atoms with Crippen LogP contribution in [0.4, 0.5) is 5.69 Å². The van der Waals surface area contributed by atoms with Crippen molar-refractivity contribution in [1.82, 2.24) is 14.9 Å². The molecule has 0 bridgehead atoms. The Balaban J connectivity index is 0.00000500. The molecule has 1 aliphatic rings. The summed E-state index contributed by atoms with van der Waals surface area (Å²) in [5.74, 6) is -0.449. The van der Waals surface area contributed by atoms with Crippen LogP contribution < -0.4 is 20.5 Å². The Bertz CT molecular complexity index is 1940. The highest BCUT2D eigenvalue weighted by Gasteiger charge is 2.28. The van der Waals surface area contributed by atoms with E-state index in [-0.39, 0.29) is 40.5 Å². The molecule has 0 aromatic heterocycles. The first kappa shape index (κ1) is 35.7. The van der Waals surface area contributed by atoms with Gasteiger partial charge in [0.25, 0.3) is 10.0 Å². The lowest BCUT2D eigenvalue weighted by atomic mass is 9.98. The van der Waals surface area contributed by atoms with E-state index in [2.05, 4.69) is 14.8 Å². The van der Waals surface area contributed by atoms with Crippen LogP contribution >= 0.6 is 12.4 Å². The summed E-state index contributed by atoms with van der Waals surface area (Å²) in [6.45, 7) is 3.39. The molecule has 1 unspecified atom stereocenters. The maximum absolute atomic E-state index is 13.6. The number of carbonyl (C=O) groups is 1. The van der Waals surface area contributed by atoms with E-state index in [0.29, 0.717) is 30.9 Å². The van der Waals surface area contributed by atoms with Crippen LogP contribution in [0.25, 0.3) is 10.8 Å². The van der Waals surface area contributed by atoms with E-state index in [4.69, 9.17) is 11.1 Å². The molecule has 0 aliphatic carbocycles. The minimum atomic E-state index is -4.10. The quantitative estimate of drug-likeness (QED) is 0.116. The highest BCUT2D eigenvalue weighted by molar-refractivity contribution is 7.92. The van der Waals surface area contributed by atoms with Gasteiger partial charge in [-0.1, -0.05) is 60.2 Å². The fraction of sp³-hybridized carbons (Fsp3) is 0.273. The van der Waals surface area contributed by atoms with E-state index in [1.54, 1.807) is 53.4 Å². The van der Waals surface area contributed by atoms with Crippen molar-refractivity contribution in [2.75, 3.05) is 24.4 Å². The maximum Gasteiger partial charge on any atom is 0.261 e. The van der Waals surface area contributed by atoms with Crippen LogP contribution in [-0.2, 0) is 31.3 Å². The molecule has 4 aromatic carbocycles. The second-order valence-electron chi connectivity index (χ2n) is 11.6. The third kappa shape index (κ3) is 9.22. The Morgan fingerprint density at radius 3 is 2.26 bits per heavy atom. The molecule has 5 rings (SSSR count). The zero-order chi connectivity index (χ0) is 32.9. The molecule has 0 radical (unpaired) electrons. The first-order valence-electron chi connectivity index (χ1n) is 15.0. The summed E-state index contributed by atoms with van der Waals surface area (Å²) < 4.78 is 57.9. The fourth-order valence-corrected chi connectivity index (χ4v) is 7.76. The number of aryl methyl sites for hydroxylation is 1. The number of benzene rings is 4. The summed E-state index contributed by atoms with van der Waals surface area (Å²) in [5, 5.41) is 12.3. The van der Waals surface area contributed by atoms with Crippen molar-refractivity contribution in [2.24, 2.45) is 11.7 Å². The van der Waals surface area contributed by atoms with E-state index in [0.717, 1.165) is 29.2 Å². The van der Waals surface area contributed by atoms with Crippen molar-refractivity contribution in [3.63, 3.8) is 0 Å². The molecule has 250 valence electrons. The minimum absolute atomic E-state index is 0. The van der Waals surface area contributed by atoms with Crippen LogP contribution in [-0.4, -0.2) is 59.3 Å². The minimum Gasteiger partial charge on any atom is -0.370 e. The third-order valence-electron chi connectivity index (χ3n) is 8.05. The number of likely N-dealkylation sites (tertiary alicyclic amines) is 1. The van der Waals surface area contributed by atoms with Gasteiger partial charge >= 0.3 is 0 Å². The molecule has 1 saturated heterocycles. The monoisotopic (exact) mass is 698 g/mol. The van der Waals surface area contributed by atoms with Gasteiger partial charge in [0.05, 0.1) is 9.79 Å². The average molecular weight is 699 g/mol. The van der Waals surface area contributed by atoms with Crippen molar-refractivity contribution >= 4 is 60.8 Å². The summed E-state index contributed by atoms with van der Waals surface area (Å²) in [4.78, 5) is 15.5. The van der Waals surface area contributed by atoms with Crippen molar-refractivity contribution < 1.29 is 21.6 Å². The number of rotatable bonds is 11. The Labute approximate surface area is 282 Å². The van der Waals surface area contributed by atoms with Gasteiger partial charge in [-0.2, -0.15) is 4.72 Å². The first-order valence-corrected chi connectivity index (χ1v) is 17.9. The Hall–Kier alpha value is -4.17. The number of piperidine rings is 1. The SMILES string of the molecule is Cc1ccc(S(=O)(=O)Nc2ccc(C[C@@H](NS(=O)(=O)c3ccc4ccccc4c3)C(=O)NCC3CCCN(C(=N)N)C3)cc2)cc1.Cl. The first-order chi connectivity index (χ1) is 21.9. The van der Waals surface area contributed by atoms with Crippen molar-refractivity contribution in [3.05, 3.63) is 102 Å². The zero-order valence-corrected chi connectivity index (χ0v) is 28.3. The number of guanidine groups is 1. The lowest BCUT2D eigenvalue weighted by Gasteiger charge is -2.33. The van der Waals surface area contributed by atoms with E-state index in [1.165, 1.54) is 18.2 Å². The molecule has 4 aromatic rings. The number of amides is 1. The molecule has 1 aliphatic heterocycles. The number of nitrogens with zero attached hydrogens (tertiary/aromatic N) is 1. The molecule has 1 amide bonds. The molecule has 6 N–H and O–H groups in total. The molecular formula is C33H39ClN6O5S2. The molecule has 1 heterocycles. The summed E-state index contributed by atoms with van der Waals surface area (Å²) in [6, 6.07) is 24.0. The number of nitrogens with two attached hydrogens (primary N) is 1. The van der Waals surface area contributed by atoms with E-state index in [1.807, 2.05) is 31.2 Å². The molecule has 11 nitrogen and oxygen atoms in total. The Kier molecular flexibility index (Phi) is 11.5. The molecule has 1 fully saturated rings. The maximum atomic E-state index is 13.6. The van der Waals surface area contributed by atoms with Crippen LogP contribution in [0.1, 0.15) is 24.0 Å². The van der Waals surface area contributed by atoms with Crippen molar-refractivity contribution in [1.29, 1.82) is 5.41 Å². The standard InChI is InChI=1S/C33H38N6O5S2.ClH/c1-23-8-15-29(16-9-23)45(41,42)37-28-13-10-24(11-14-28)19-31(32(40)36-21-25-5-4-18-39(22-25)33(34)35)38-46(43,44)30-17-12-26-6-2-3-7-27(26)20-30;/h2-3,6-17,20,25,31,37-38H,4-5,18-19,21-22H2,1H3,(H3,34,35)(H,36,40);1H/t25?,31-;/m1./s1. The summed E-state index contributed by atoms with van der Waals surface area (Å²) in [7, 11) is -7.91. The van der Waals surface area contributed by atoms with Gasteiger partial charge < -0.3 is 16.0 Å². The highest BCUT2D eigenvalue weighted by atomic mass is 35.5. The number of hydrogen-bond donors (Lipinski definition) is 5. The second-order valence-corrected chi connectivity index (χ2v) is 15.0. The van der Waals surface area contributed by atoms with Crippen LogP contribution in [0.2, 0.25) is 0 Å². The van der Waals surface area contributed by atoms with Gasteiger partial charge in [-0.25, -0.2) is 16.8 Å². The van der Waals surface area contributed by atoms with Gasteiger partial charge in [0, 0.05) is 25.3 Å². The van der Waals surface area contributed by atoms with Crippen molar-refractivity contribution in [2.45, 2.75) is 42.0 Å². The lowest BCUT2D eigenvalue weighted by Crippen LogP contribution is -2.51. The van der Waals surface area contributed by atoms with Gasteiger partial charge in [-0.15, -0.1) is 12.4 Å². The second kappa shape index (κ2) is 15.2. The van der Waals surface area contributed by atoms with E-state index >= 15 is 0 Å². The smallest absolute Gasteiger partial charge is 0.261 e. The number of nitrogens with one attached hydrogen (secondary N) is 4. The van der Waals surface area contributed by atoms with Gasteiger partial charge in [0.2, 0.25) is 15.9 Å². The molecule has 0 spiro atoms. The number of halogens is 1. The van der Waals surface area contributed by atoms with Crippen LogP contribution in [0, 0.1) is 18.3 Å². The molecule has 14 heteroatoms. The van der Waals surface area contributed by atoms with Gasteiger partial charge in [-0.3, -0.25) is 14.9 Å². The Morgan fingerprint density at radius 2 is 1.57 bits per heavy atom. The lowest BCUT2D eigenvalue weighted by molar-refractivity contribution is -0.122. The number of sulfonamides is 2. The highest BCUT2D eigenvalue weighted by Crippen LogP contribution is 2.21. The Morgan fingerprint density at radius 1 is 0.915 bits per heavy atom. The molecular weight excluding hydrogens is 660 g/mol. The number of hydrogen-bond acceptors (Lipinski definition) is 6. The van der Waals surface area contributed by atoms with Crippen LogP contribution in [0.5, 0.6) is 0 Å². The average Bonchev–Trinajstić information content (AvgIpc) is 3.04. The topological polar surface area (TPSA) is 175 Å². The van der Waals surface area contributed by atoms with Crippen LogP contribution in [0.15, 0.2) is 101 Å². The predicted octanol–water partition coefficient (Wildman–Crippen LogP) is 3.98. The summed E-state index contributed by atoms with van der Waals surface area (Å²) in [5.41, 5.74) is 7.56. The van der Waals surface area contributed by atoms with Gasteiger partial charge in [-0.05, 0) is 84.8 Å². The van der Waals surface area contributed by atoms with Crippen molar-refractivity contribution in [3.8, 4) is 0 Å². The van der Waals surface area contributed by atoms with E-state index < -0.39 is 32.0 Å². The summed E-state index contributed by atoms with van der Waals surface area (Å²) >= 11 is 0. The van der Waals surface area contributed by atoms with E-state index in [9.17, 15) is 21.6 Å².